The van der Waals surface area contributed by atoms with Crippen molar-refractivity contribution in [2.45, 2.75) is 205 Å². The molecule has 0 heterocycles. The Morgan fingerprint density at radius 1 is 0.375 bits per heavy atom. The SMILES string of the molecule is CC[C@@H](CCCCNC(=O)CC[C@H](NC(=O)COCCOCCCC(=O)COCCOCCNC(=O)CC[C@H](NC(=O)CC[C@H](NC(=O)CCCCCCCCCCCCCCCCC(=O)O)C(=O)O)C(=O)O)C(=O)O)C(=O)CO. The Morgan fingerprint density at radius 3 is 1.26 bits per heavy atom. The van der Waals surface area contributed by atoms with Crippen molar-refractivity contribution in [1.29, 1.82) is 0 Å². The van der Waals surface area contributed by atoms with Gasteiger partial charge in [-0.2, -0.15) is 0 Å². The van der Waals surface area contributed by atoms with Gasteiger partial charge in [0.15, 0.2) is 11.6 Å². The van der Waals surface area contributed by atoms with Gasteiger partial charge in [-0.15, -0.1) is 0 Å². The second-order valence-corrected chi connectivity index (χ2v) is 19.7. The Hall–Kier alpha value is -5.63. The van der Waals surface area contributed by atoms with Crippen LogP contribution in [0.2, 0.25) is 0 Å². The summed E-state index contributed by atoms with van der Waals surface area (Å²) in [6.07, 6.45) is 16.5. The topological polar surface area (TPSA) is 386 Å². The highest BCUT2D eigenvalue weighted by atomic mass is 16.5. The van der Waals surface area contributed by atoms with E-state index in [1.807, 2.05) is 6.92 Å². The standard InChI is InChI=1S/C55H95N5O20/c1-2-41(46(63)38-61)20-17-18-30-56-47(64)27-25-45(55(75)76)60-51(68)40-80-37-34-77-32-19-21-42(62)39-79-36-35-78-33-31-57-48(65)28-24-43(53(71)72)59-50(67)29-26-44(54(73)74)58-49(66)22-15-13-11-9-7-5-3-4-6-8-10-12-14-16-23-52(69)70/h41,43-45,61H,2-40H2,1H3,(H,56,64)(H,57,65)(H,58,66)(H,59,67)(H,60,68)(H,69,70)(H,71,72)(H,73,74)(H,75,76)/t41-,43-,44-,45-/m0/s1. The van der Waals surface area contributed by atoms with E-state index in [0.29, 0.717) is 45.1 Å². The van der Waals surface area contributed by atoms with E-state index < -0.39 is 78.8 Å². The van der Waals surface area contributed by atoms with Crippen molar-refractivity contribution in [2.24, 2.45) is 5.92 Å². The molecule has 5 amide bonds. The summed E-state index contributed by atoms with van der Waals surface area (Å²) >= 11 is 0. The molecule has 0 saturated carbocycles. The van der Waals surface area contributed by atoms with Crippen LogP contribution in [0.15, 0.2) is 0 Å². The minimum Gasteiger partial charge on any atom is -0.481 e. The highest BCUT2D eigenvalue weighted by Gasteiger charge is 2.25. The maximum Gasteiger partial charge on any atom is 0.326 e. The molecule has 25 heteroatoms. The molecule has 10 N–H and O–H groups in total. The number of carboxylic acids is 4. The number of hydrogen-bond acceptors (Lipinski definition) is 16. The van der Waals surface area contributed by atoms with Crippen LogP contribution in [0, 0.1) is 5.92 Å². The summed E-state index contributed by atoms with van der Waals surface area (Å²) in [5, 5.41) is 58.7. The third-order valence-corrected chi connectivity index (χ3v) is 12.9. The quantitative estimate of drug-likeness (QED) is 0.0387. The smallest absolute Gasteiger partial charge is 0.326 e. The van der Waals surface area contributed by atoms with Gasteiger partial charge in [-0.05, 0) is 57.8 Å². The number of unbranched alkanes of at least 4 members (excludes halogenated alkanes) is 14. The van der Waals surface area contributed by atoms with Gasteiger partial charge in [-0.3, -0.25) is 38.4 Å². The molecule has 0 aromatic heterocycles. The number of hydrogen-bond donors (Lipinski definition) is 10. The minimum atomic E-state index is -1.41. The maximum absolute atomic E-state index is 12.6. The average Bonchev–Trinajstić information content (AvgIpc) is 3.41. The summed E-state index contributed by atoms with van der Waals surface area (Å²) in [4.78, 5) is 131. The lowest BCUT2D eigenvalue weighted by atomic mass is 9.95. The highest BCUT2D eigenvalue weighted by molar-refractivity contribution is 5.87. The number of Topliss-reactive ketones (excluding diaryl/α,β-unsaturated/α-hetero) is 2. The summed E-state index contributed by atoms with van der Waals surface area (Å²) in [5.41, 5.74) is 0. The second kappa shape index (κ2) is 50.3. The number of nitrogens with one attached hydrogen (secondary N) is 5. The Kier molecular flexibility index (Phi) is 46.8. The van der Waals surface area contributed by atoms with Gasteiger partial charge in [0.1, 0.15) is 37.9 Å². The number of carboxylic acid groups (broad SMARTS) is 4. The van der Waals surface area contributed by atoms with Crippen molar-refractivity contribution in [3.63, 3.8) is 0 Å². The first-order valence-corrected chi connectivity index (χ1v) is 28.7. The molecule has 460 valence electrons. The van der Waals surface area contributed by atoms with Gasteiger partial charge in [0.25, 0.3) is 0 Å². The van der Waals surface area contributed by atoms with Gasteiger partial charge in [0.05, 0.1) is 33.0 Å². The van der Waals surface area contributed by atoms with Gasteiger partial charge >= 0.3 is 23.9 Å². The fraction of sp³-hybridized carbons (Fsp3) is 0.800. The zero-order valence-corrected chi connectivity index (χ0v) is 47.2. The third kappa shape index (κ3) is 45.1. The Balaban J connectivity index is 4.01. The lowest BCUT2D eigenvalue weighted by molar-refractivity contribution is -0.143. The number of carbonyl (C=O) groups excluding carboxylic acids is 7. The van der Waals surface area contributed by atoms with E-state index in [2.05, 4.69) is 26.6 Å². The third-order valence-electron chi connectivity index (χ3n) is 12.9. The number of aliphatic carboxylic acids is 4. The monoisotopic (exact) mass is 1150 g/mol. The lowest BCUT2D eigenvalue weighted by Gasteiger charge is -2.17. The molecule has 4 atom stereocenters. The number of amides is 5. The Labute approximate surface area is 470 Å². The molecular formula is C55H95N5O20. The van der Waals surface area contributed by atoms with Crippen LogP contribution in [0.5, 0.6) is 0 Å². The normalized spacial score (nSPS) is 12.6. The van der Waals surface area contributed by atoms with E-state index in [1.165, 1.54) is 25.7 Å². The fourth-order valence-electron chi connectivity index (χ4n) is 8.19. The van der Waals surface area contributed by atoms with Crippen molar-refractivity contribution < 1.29 is 97.2 Å². The number of ketones is 2. The zero-order chi connectivity index (χ0) is 59.6. The van der Waals surface area contributed by atoms with Gasteiger partial charge in [0.2, 0.25) is 29.5 Å². The summed E-state index contributed by atoms with van der Waals surface area (Å²) in [5.74, 6) is -8.05. The van der Waals surface area contributed by atoms with E-state index in [1.54, 1.807) is 0 Å². The molecule has 0 fully saturated rings. The minimum absolute atomic E-state index is 0.0324. The molecule has 0 aromatic carbocycles. The van der Waals surface area contributed by atoms with Crippen molar-refractivity contribution in [3.05, 3.63) is 0 Å². The van der Waals surface area contributed by atoms with Crippen LogP contribution in [0.1, 0.15) is 187 Å². The van der Waals surface area contributed by atoms with E-state index in [0.717, 1.165) is 57.8 Å². The number of aliphatic hydroxyl groups is 1. The maximum atomic E-state index is 12.6. The molecule has 0 bridgehead atoms. The van der Waals surface area contributed by atoms with Crippen LogP contribution in [-0.2, 0) is 71.7 Å². The van der Waals surface area contributed by atoms with Crippen LogP contribution < -0.4 is 26.6 Å². The molecule has 0 rings (SSSR count). The summed E-state index contributed by atoms with van der Waals surface area (Å²) in [7, 11) is 0. The van der Waals surface area contributed by atoms with Gasteiger partial charge in [-0.25, -0.2) is 14.4 Å². The highest BCUT2D eigenvalue weighted by Crippen LogP contribution is 2.15. The predicted molar refractivity (Wildman–Crippen MR) is 291 cm³/mol. The van der Waals surface area contributed by atoms with Crippen LogP contribution >= 0.6 is 0 Å². The van der Waals surface area contributed by atoms with E-state index in [9.17, 15) is 68.1 Å². The lowest BCUT2D eigenvalue weighted by Crippen LogP contribution is -2.44. The molecule has 0 unspecified atom stereocenters. The second-order valence-electron chi connectivity index (χ2n) is 19.7. The molecule has 0 radical (unpaired) electrons. The van der Waals surface area contributed by atoms with Crippen LogP contribution in [0.25, 0.3) is 0 Å². The molecule has 0 saturated heterocycles. The predicted octanol–water partition coefficient (Wildman–Crippen LogP) is 3.77. The zero-order valence-electron chi connectivity index (χ0n) is 47.2. The van der Waals surface area contributed by atoms with Crippen molar-refractivity contribution in [2.75, 3.05) is 72.6 Å². The summed E-state index contributed by atoms with van der Waals surface area (Å²) in [6.45, 7) is 1.96. The van der Waals surface area contributed by atoms with Crippen LogP contribution in [-0.4, -0.2) is 181 Å². The fourth-order valence-corrected chi connectivity index (χ4v) is 8.19. The summed E-state index contributed by atoms with van der Waals surface area (Å²) in [6, 6.07) is -4.04. The van der Waals surface area contributed by atoms with Crippen LogP contribution in [0.4, 0.5) is 0 Å². The summed E-state index contributed by atoms with van der Waals surface area (Å²) < 4.78 is 21.3. The molecule has 0 aliphatic rings. The number of rotatable bonds is 57. The molecular weight excluding hydrogens is 1050 g/mol. The molecule has 0 aromatic rings. The molecule has 0 aliphatic carbocycles. The molecule has 25 nitrogen and oxygen atoms in total. The largest absolute Gasteiger partial charge is 0.481 e. The average molecular weight is 1150 g/mol. The van der Waals surface area contributed by atoms with Crippen molar-refractivity contribution in [1.82, 2.24) is 26.6 Å². The first kappa shape index (κ1) is 74.4. The van der Waals surface area contributed by atoms with Gasteiger partial charge in [-0.1, -0.05) is 90.4 Å². The van der Waals surface area contributed by atoms with Crippen molar-refractivity contribution >= 4 is 65.0 Å². The van der Waals surface area contributed by atoms with E-state index >= 15 is 0 Å². The molecule has 80 heavy (non-hydrogen) atoms. The van der Waals surface area contributed by atoms with Gasteiger partial charge in [0, 0.05) is 64.1 Å². The number of aliphatic hydroxyl groups excluding tert-OH is 1. The van der Waals surface area contributed by atoms with Crippen LogP contribution in [0.3, 0.4) is 0 Å². The van der Waals surface area contributed by atoms with Crippen molar-refractivity contribution in [3.8, 4) is 0 Å². The van der Waals surface area contributed by atoms with E-state index in [-0.39, 0.29) is 134 Å². The number of carbonyl (C=O) groups is 11. The first-order chi connectivity index (χ1) is 38.4. The number of ether oxygens (including phenoxy) is 4. The molecule has 0 spiro atoms. The first-order valence-electron chi connectivity index (χ1n) is 28.7. The van der Waals surface area contributed by atoms with E-state index in [4.69, 9.17) is 29.2 Å². The van der Waals surface area contributed by atoms with Gasteiger partial charge < -0.3 is 71.1 Å². The molecule has 0 aliphatic heterocycles. The Bertz CT molecular complexity index is 1800. The Morgan fingerprint density at radius 2 is 0.787 bits per heavy atom.